The van der Waals surface area contributed by atoms with Crippen LogP contribution in [0.1, 0.15) is 19.7 Å². The number of nitrogens with zero attached hydrogens (tertiary/aromatic N) is 3. The molecule has 5 nitrogen and oxygen atoms in total. The van der Waals surface area contributed by atoms with E-state index in [9.17, 15) is 4.79 Å². The van der Waals surface area contributed by atoms with Crippen LogP contribution in [0, 0.1) is 0 Å². The third kappa shape index (κ3) is 5.05. The molecule has 0 aliphatic carbocycles. The van der Waals surface area contributed by atoms with Crippen LogP contribution in [-0.2, 0) is 13.0 Å². The van der Waals surface area contributed by atoms with Crippen LogP contribution in [-0.4, -0.2) is 32.7 Å². The number of aromatic nitrogens is 2. The van der Waals surface area contributed by atoms with Crippen LogP contribution in [0.5, 0.6) is 0 Å². The van der Waals surface area contributed by atoms with E-state index in [1.807, 2.05) is 49.4 Å². The van der Waals surface area contributed by atoms with Crippen molar-refractivity contribution < 1.29 is 0 Å². The number of para-hydroxylation sites is 1. The van der Waals surface area contributed by atoms with Crippen molar-refractivity contribution in [2.75, 3.05) is 18.4 Å². The fourth-order valence-corrected chi connectivity index (χ4v) is 4.80. The standard InChI is InChI=1S/C21H22Br2N4OS/c1-3-18-25-19-16(12-14(22)13-17(19)23)20(28)27(18)11-10-26(4-2)21(29)24-15-8-6-5-7-9-15/h5-9,12-13H,3-4,10-11H2,1-2H3,(H,24,29). The van der Waals surface area contributed by atoms with Crippen LogP contribution in [0.25, 0.3) is 10.9 Å². The molecule has 2 aromatic carbocycles. The van der Waals surface area contributed by atoms with Crippen LogP contribution >= 0.6 is 44.1 Å². The summed E-state index contributed by atoms with van der Waals surface area (Å²) < 4.78 is 3.41. The molecule has 0 amide bonds. The van der Waals surface area contributed by atoms with Gasteiger partial charge in [-0.15, -0.1) is 0 Å². The van der Waals surface area contributed by atoms with Crippen molar-refractivity contribution in [3.05, 3.63) is 67.6 Å². The topological polar surface area (TPSA) is 50.2 Å². The maximum absolute atomic E-state index is 13.2. The predicted molar refractivity (Wildman–Crippen MR) is 131 cm³/mol. The van der Waals surface area contributed by atoms with Crippen LogP contribution in [0.4, 0.5) is 5.69 Å². The van der Waals surface area contributed by atoms with E-state index in [4.69, 9.17) is 17.2 Å². The number of thiocarbonyl (C=S) groups is 1. The second kappa shape index (κ2) is 9.82. The Labute approximate surface area is 192 Å². The third-order valence-corrected chi connectivity index (χ3v) is 6.08. The maximum Gasteiger partial charge on any atom is 0.261 e. The summed E-state index contributed by atoms with van der Waals surface area (Å²) in [5.41, 5.74) is 1.61. The lowest BCUT2D eigenvalue weighted by Crippen LogP contribution is -2.39. The molecule has 0 fully saturated rings. The molecule has 0 saturated carbocycles. The molecule has 29 heavy (non-hydrogen) atoms. The Morgan fingerprint density at radius 2 is 1.93 bits per heavy atom. The summed E-state index contributed by atoms with van der Waals surface area (Å²) in [5, 5.41) is 4.50. The first-order valence-corrected chi connectivity index (χ1v) is 11.4. The monoisotopic (exact) mass is 536 g/mol. The zero-order chi connectivity index (χ0) is 21.0. The van der Waals surface area contributed by atoms with Crippen LogP contribution in [0.2, 0.25) is 0 Å². The van der Waals surface area contributed by atoms with Gasteiger partial charge in [0.15, 0.2) is 5.11 Å². The SMILES string of the molecule is CCc1nc2c(Br)cc(Br)cc2c(=O)n1CCN(CC)C(=S)Nc1ccccc1. The molecule has 0 aliphatic heterocycles. The van der Waals surface area contributed by atoms with Crippen LogP contribution in [0.15, 0.2) is 56.2 Å². The quantitative estimate of drug-likeness (QED) is 0.438. The van der Waals surface area contributed by atoms with E-state index < -0.39 is 0 Å². The average Bonchev–Trinajstić information content (AvgIpc) is 2.71. The van der Waals surface area contributed by atoms with Gasteiger partial charge in [-0.05, 0) is 59.3 Å². The molecule has 0 spiro atoms. The Kier molecular flexibility index (Phi) is 7.43. The van der Waals surface area contributed by atoms with E-state index in [1.165, 1.54) is 0 Å². The van der Waals surface area contributed by atoms with E-state index >= 15 is 0 Å². The normalized spacial score (nSPS) is 10.9. The van der Waals surface area contributed by atoms with Crippen molar-refractivity contribution >= 4 is 65.8 Å². The summed E-state index contributed by atoms with van der Waals surface area (Å²) in [6.45, 7) is 5.93. The van der Waals surface area contributed by atoms with Gasteiger partial charge in [0.1, 0.15) is 5.82 Å². The van der Waals surface area contributed by atoms with Crippen molar-refractivity contribution in [1.82, 2.24) is 14.5 Å². The minimum atomic E-state index is -0.0353. The second-order valence-electron chi connectivity index (χ2n) is 6.50. The maximum atomic E-state index is 13.2. The smallest absolute Gasteiger partial charge is 0.261 e. The van der Waals surface area contributed by atoms with E-state index in [-0.39, 0.29) is 5.56 Å². The molecule has 152 valence electrons. The molecule has 8 heteroatoms. The summed E-state index contributed by atoms with van der Waals surface area (Å²) in [5.74, 6) is 0.767. The molecule has 0 unspecified atom stereocenters. The van der Waals surface area contributed by atoms with Gasteiger partial charge in [0.25, 0.3) is 5.56 Å². The number of likely N-dealkylation sites (N-methyl/N-ethyl adjacent to an activating group) is 1. The van der Waals surface area contributed by atoms with Crippen molar-refractivity contribution in [2.24, 2.45) is 0 Å². The number of halogens is 2. The van der Waals surface area contributed by atoms with Gasteiger partial charge < -0.3 is 10.2 Å². The summed E-state index contributed by atoms with van der Waals surface area (Å²) >= 11 is 12.6. The number of fused-ring (bicyclic) bond motifs is 1. The number of anilines is 1. The molecule has 0 bridgehead atoms. The minimum absolute atomic E-state index is 0.0353. The lowest BCUT2D eigenvalue weighted by Gasteiger charge is -2.25. The predicted octanol–water partition coefficient (Wildman–Crippen LogP) is 5.20. The summed E-state index contributed by atoms with van der Waals surface area (Å²) in [4.78, 5) is 20.0. The molecule has 1 heterocycles. The lowest BCUT2D eigenvalue weighted by molar-refractivity contribution is 0.409. The molecular formula is C21H22Br2N4OS. The first kappa shape index (κ1) is 21.9. The van der Waals surface area contributed by atoms with Gasteiger partial charge in [0.05, 0.1) is 10.9 Å². The number of rotatable bonds is 6. The highest BCUT2D eigenvalue weighted by Crippen LogP contribution is 2.25. The largest absolute Gasteiger partial charge is 0.348 e. The number of aryl methyl sites for hydroxylation is 1. The first-order valence-electron chi connectivity index (χ1n) is 9.44. The third-order valence-electron chi connectivity index (χ3n) is 4.66. The van der Waals surface area contributed by atoms with Crippen molar-refractivity contribution in [3.63, 3.8) is 0 Å². The molecule has 3 rings (SSSR count). The van der Waals surface area contributed by atoms with Crippen molar-refractivity contribution in [2.45, 2.75) is 26.8 Å². The van der Waals surface area contributed by atoms with E-state index in [0.29, 0.717) is 35.5 Å². The molecule has 0 atom stereocenters. The van der Waals surface area contributed by atoms with Gasteiger partial charge in [-0.25, -0.2) is 4.98 Å². The van der Waals surface area contributed by atoms with E-state index in [1.54, 1.807) is 4.57 Å². The average molecular weight is 538 g/mol. The molecule has 1 N–H and O–H groups in total. The highest BCUT2D eigenvalue weighted by Gasteiger charge is 2.15. The van der Waals surface area contributed by atoms with Crippen LogP contribution in [0.3, 0.4) is 0 Å². The molecular weight excluding hydrogens is 516 g/mol. The van der Waals surface area contributed by atoms with Gasteiger partial charge in [0.2, 0.25) is 0 Å². The summed E-state index contributed by atoms with van der Waals surface area (Å²) in [6, 6.07) is 13.6. The number of hydrogen-bond donors (Lipinski definition) is 1. The Morgan fingerprint density at radius 3 is 2.59 bits per heavy atom. The molecule has 3 aromatic rings. The molecule has 0 aliphatic rings. The highest BCUT2D eigenvalue weighted by atomic mass is 79.9. The van der Waals surface area contributed by atoms with Crippen molar-refractivity contribution in [1.29, 1.82) is 0 Å². The minimum Gasteiger partial charge on any atom is -0.348 e. The Hall–Kier alpha value is -1.77. The Balaban J connectivity index is 1.85. The second-order valence-corrected chi connectivity index (χ2v) is 8.65. The van der Waals surface area contributed by atoms with Gasteiger partial charge in [-0.2, -0.15) is 0 Å². The first-order chi connectivity index (χ1) is 13.9. The number of hydrogen-bond acceptors (Lipinski definition) is 3. The highest BCUT2D eigenvalue weighted by molar-refractivity contribution is 9.11. The zero-order valence-electron chi connectivity index (χ0n) is 16.3. The van der Waals surface area contributed by atoms with Crippen LogP contribution < -0.4 is 10.9 Å². The van der Waals surface area contributed by atoms with Gasteiger partial charge in [0, 0.05) is 40.7 Å². The van der Waals surface area contributed by atoms with Gasteiger partial charge in [-0.1, -0.05) is 41.1 Å². The summed E-state index contributed by atoms with van der Waals surface area (Å²) in [6.07, 6.45) is 0.673. The molecule has 0 saturated heterocycles. The Bertz CT molecular complexity index is 1090. The van der Waals surface area contributed by atoms with Crippen molar-refractivity contribution in [3.8, 4) is 0 Å². The van der Waals surface area contributed by atoms with Gasteiger partial charge >= 0.3 is 0 Å². The van der Waals surface area contributed by atoms with Gasteiger partial charge in [-0.3, -0.25) is 9.36 Å². The fraction of sp³-hybridized carbons (Fsp3) is 0.286. The zero-order valence-corrected chi connectivity index (χ0v) is 20.3. The number of nitrogens with one attached hydrogen (secondary N) is 1. The van der Waals surface area contributed by atoms with E-state index in [2.05, 4.69) is 49.0 Å². The lowest BCUT2D eigenvalue weighted by atomic mass is 10.2. The summed E-state index contributed by atoms with van der Waals surface area (Å²) in [7, 11) is 0. The number of benzene rings is 2. The van der Waals surface area contributed by atoms with E-state index in [0.717, 1.165) is 27.0 Å². The molecule has 1 aromatic heterocycles. The fourth-order valence-electron chi connectivity index (χ4n) is 3.14. The molecule has 0 radical (unpaired) electrons. The Morgan fingerprint density at radius 1 is 1.21 bits per heavy atom.